The minimum atomic E-state index is 0.136. The SMILES string of the molecule is CC(C)(C)c1ncc(COCCN)s1. The van der Waals surface area contributed by atoms with E-state index in [4.69, 9.17) is 10.5 Å². The predicted molar refractivity (Wildman–Crippen MR) is 59.5 cm³/mol. The Kier molecular flexibility index (Phi) is 4.04. The molecule has 80 valence electrons. The van der Waals surface area contributed by atoms with Crippen molar-refractivity contribution in [3.8, 4) is 0 Å². The van der Waals surface area contributed by atoms with Crippen LogP contribution in [0.2, 0.25) is 0 Å². The van der Waals surface area contributed by atoms with Gasteiger partial charge in [-0.05, 0) is 0 Å². The van der Waals surface area contributed by atoms with Crippen molar-refractivity contribution in [2.45, 2.75) is 32.8 Å². The molecule has 2 N–H and O–H groups in total. The Labute approximate surface area is 89.3 Å². The van der Waals surface area contributed by atoms with E-state index in [2.05, 4.69) is 25.8 Å². The zero-order chi connectivity index (χ0) is 10.6. The molecular formula is C10H18N2OS. The van der Waals surface area contributed by atoms with E-state index in [1.54, 1.807) is 11.3 Å². The molecule has 0 radical (unpaired) electrons. The van der Waals surface area contributed by atoms with Crippen LogP contribution in [0.15, 0.2) is 6.20 Å². The number of aromatic nitrogens is 1. The van der Waals surface area contributed by atoms with Gasteiger partial charge in [0.15, 0.2) is 0 Å². The summed E-state index contributed by atoms with van der Waals surface area (Å²) in [4.78, 5) is 5.54. The highest BCUT2D eigenvalue weighted by molar-refractivity contribution is 7.11. The van der Waals surface area contributed by atoms with Crippen LogP contribution in [-0.4, -0.2) is 18.1 Å². The van der Waals surface area contributed by atoms with Gasteiger partial charge in [0.05, 0.1) is 23.1 Å². The first-order valence-corrected chi connectivity index (χ1v) is 5.58. The third kappa shape index (κ3) is 3.36. The van der Waals surface area contributed by atoms with Gasteiger partial charge >= 0.3 is 0 Å². The molecule has 0 unspecified atom stereocenters. The van der Waals surface area contributed by atoms with E-state index in [1.165, 1.54) is 4.88 Å². The third-order valence-electron chi connectivity index (χ3n) is 1.70. The van der Waals surface area contributed by atoms with Crippen LogP contribution < -0.4 is 5.73 Å². The second-order valence-corrected chi connectivity index (χ2v) is 5.34. The molecule has 0 atom stereocenters. The first-order valence-electron chi connectivity index (χ1n) is 4.77. The van der Waals surface area contributed by atoms with Crippen molar-refractivity contribution in [1.82, 2.24) is 4.98 Å². The number of nitrogens with zero attached hydrogens (tertiary/aromatic N) is 1. The summed E-state index contributed by atoms with van der Waals surface area (Å²) >= 11 is 1.71. The fourth-order valence-corrected chi connectivity index (χ4v) is 1.88. The Morgan fingerprint density at radius 2 is 2.21 bits per heavy atom. The molecule has 1 aromatic rings. The smallest absolute Gasteiger partial charge is 0.0982 e. The molecule has 0 amide bonds. The lowest BCUT2D eigenvalue weighted by molar-refractivity contribution is 0.130. The van der Waals surface area contributed by atoms with Crippen LogP contribution >= 0.6 is 11.3 Å². The lowest BCUT2D eigenvalue weighted by Gasteiger charge is -2.13. The molecule has 0 aliphatic carbocycles. The maximum atomic E-state index is 5.34. The molecule has 1 rings (SSSR count). The fourth-order valence-electron chi connectivity index (χ4n) is 0.977. The number of hydrogen-bond donors (Lipinski definition) is 1. The van der Waals surface area contributed by atoms with Gasteiger partial charge in [0, 0.05) is 18.2 Å². The van der Waals surface area contributed by atoms with E-state index < -0.39 is 0 Å². The maximum absolute atomic E-state index is 5.34. The Morgan fingerprint density at radius 3 is 2.71 bits per heavy atom. The van der Waals surface area contributed by atoms with E-state index in [9.17, 15) is 0 Å². The van der Waals surface area contributed by atoms with Crippen LogP contribution in [0.4, 0.5) is 0 Å². The van der Waals surface area contributed by atoms with Gasteiger partial charge in [-0.15, -0.1) is 11.3 Å². The summed E-state index contributed by atoms with van der Waals surface area (Å²) in [6.45, 7) is 8.31. The minimum Gasteiger partial charge on any atom is -0.375 e. The molecule has 0 spiro atoms. The van der Waals surface area contributed by atoms with Gasteiger partial charge in [0.2, 0.25) is 0 Å². The molecule has 0 aliphatic heterocycles. The standard InChI is InChI=1S/C10H18N2OS/c1-10(2,3)9-12-6-8(14-9)7-13-5-4-11/h6H,4-5,7,11H2,1-3H3. The number of hydrogen-bond acceptors (Lipinski definition) is 4. The van der Waals surface area contributed by atoms with Crippen molar-refractivity contribution >= 4 is 11.3 Å². The van der Waals surface area contributed by atoms with Crippen molar-refractivity contribution in [2.24, 2.45) is 5.73 Å². The van der Waals surface area contributed by atoms with Gasteiger partial charge in [-0.2, -0.15) is 0 Å². The van der Waals surface area contributed by atoms with Crippen LogP contribution in [-0.2, 0) is 16.8 Å². The molecule has 0 aromatic carbocycles. The molecule has 4 heteroatoms. The quantitative estimate of drug-likeness (QED) is 0.779. The monoisotopic (exact) mass is 214 g/mol. The number of ether oxygens (including phenoxy) is 1. The van der Waals surface area contributed by atoms with Crippen LogP contribution in [0.3, 0.4) is 0 Å². The van der Waals surface area contributed by atoms with E-state index in [-0.39, 0.29) is 5.41 Å². The van der Waals surface area contributed by atoms with Gasteiger partial charge in [0.1, 0.15) is 0 Å². The van der Waals surface area contributed by atoms with E-state index in [1.807, 2.05) is 6.20 Å². The normalized spacial score (nSPS) is 12.0. The number of nitrogens with two attached hydrogens (primary N) is 1. The maximum Gasteiger partial charge on any atom is 0.0982 e. The zero-order valence-corrected chi connectivity index (χ0v) is 9.86. The molecular weight excluding hydrogens is 196 g/mol. The van der Waals surface area contributed by atoms with Gasteiger partial charge in [-0.1, -0.05) is 20.8 Å². The largest absolute Gasteiger partial charge is 0.375 e. The summed E-state index contributed by atoms with van der Waals surface area (Å²) in [7, 11) is 0. The zero-order valence-electron chi connectivity index (χ0n) is 9.04. The topological polar surface area (TPSA) is 48.1 Å². The number of thiazole rings is 1. The molecule has 14 heavy (non-hydrogen) atoms. The Bertz CT molecular complexity index is 278. The number of rotatable bonds is 4. The molecule has 0 bridgehead atoms. The van der Waals surface area contributed by atoms with E-state index in [0.29, 0.717) is 19.8 Å². The lowest BCUT2D eigenvalue weighted by Crippen LogP contribution is -2.09. The molecule has 0 saturated carbocycles. The second kappa shape index (κ2) is 4.87. The summed E-state index contributed by atoms with van der Waals surface area (Å²) in [6, 6.07) is 0. The Morgan fingerprint density at radius 1 is 1.50 bits per heavy atom. The van der Waals surface area contributed by atoms with Gasteiger partial charge in [-0.3, -0.25) is 0 Å². The lowest BCUT2D eigenvalue weighted by atomic mass is 9.98. The van der Waals surface area contributed by atoms with Crippen LogP contribution in [0.5, 0.6) is 0 Å². The average Bonchev–Trinajstić information content (AvgIpc) is 2.52. The van der Waals surface area contributed by atoms with Crippen LogP contribution in [0, 0.1) is 0 Å². The van der Waals surface area contributed by atoms with Crippen molar-refractivity contribution in [1.29, 1.82) is 0 Å². The average molecular weight is 214 g/mol. The summed E-state index contributed by atoms with van der Waals surface area (Å²) in [6.07, 6.45) is 1.89. The second-order valence-electron chi connectivity index (χ2n) is 4.22. The van der Waals surface area contributed by atoms with Gasteiger partial charge < -0.3 is 10.5 Å². The Hall–Kier alpha value is -0.450. The first kappa shape index (κ1) is 11.6. The molecule has 0 saturated heterocycles. The summed E-state index contributed by atoms with van der Waals surface area (Å²) < 4.78 is 5.34. The minimum absolute atomic E-state index is 0.136. The summed E-state index contributed by atoms with van der Waals surface area (Å²) in [5.74, 6) is 0. The highest BCUT2D eigenvalue weighted by atomic mass is 32.1. The summed E-state index contributed by atoms with van der Waals surface area (Å²) in [5, 5.41) is 1.16. The Balaban J connectivity index is 2.51. The van der Waals surface area contributed by atoms with Gasteiger partial charge in [0.25, 0.3) is 0 Å². The highest BCUT2D eigenvalue weighted by Gasteiger charge is 2.17. The van der Waals surface area contributed by atoms with Crippen molar-refractivity contribution in [2.75, 3.05) is 13.2 Å². The van der Waals surface area contributed by atoms with Gasteiger partial charge in [-0.25, -0.2) is 4.98 Å². The summed E-state index contributed by atoms with van der Waals surface area (Å²) in [5.41, 5.74) is 5.47. The third-order valence-corrected chi connectivity index (χ3v) is 3.10. The van der Waals surface area contributed by atoms with Crippen LogP contribution in [0.1, 0.15) is 30.7 Å². The molecule has 0 aliphatic rings. The fraction of sp³-hybridized carbons (Fsp3) is 0.700. The van der Waals surface area contributed by atoms with Crippen LogP contribution in [0.25, 0.3) is 0 Å². The molecule has 3 nitrogen and oxygen atoms in total. The van der Waals surface area contributed by atoms with Crippen molar-refractivity contribution < 1.29 is 4.74 Å². The van der Waals surface area contributed by atoms with Crippen molar-refractivity contribution in [3.63, 3.8) is 0 Å². The van der Waals surface area contributed by atoms with Crippen molar-refractivity contribution in [3.05, 3.63) is 16.1 Å². The van der Waals surface area contributed by atoms with E-state index in [0.717, 1.165) is 5.01 Å². The molecule has 1 aromatic heterocycles. The molecule has 1 heterocycles. The first-order chi connectivity index (χ1) is 6.54. The molecule has 0 fully saturated rings. The highest BCUT2D eigenvalue weighted by Crippen LogP contribution is 2.26. The predicted octanol–water partition coefficient (Wildman–Crippen LogP) is 1.92. The van der Waals surface area contributed by atoms with E-state index >= 15 is 0 Å².